The van der Waals surface area contributed by atoms with E-state index >= 15 is 0 Å². The van der Waals surface area contributed by atoms with Crippen LogP contribution in [0.3, 0.4) is 0 Å². The van der Waals surface area contributed by atoms with E-state index in [1.807, 2.05) is 0 Å². The molecule has 1 aromatic carbocycles. The molecule has 0 aliphatic carbocycles. The highest BCUT2D eigenvalue weighted by atomic mass is 19.1. The van der Waals surface area contributed by atoms with Crippen LogP contribution in [0.1, 0.15) is 10.4 Å². The fourth-order valence-electron chi connectivity index (χ4n) is 2.11. The van der Waals surface area contributed by atoms with E-state index in [4.69, 9.17) is 10.5 Å². The van der Waals surface area contributed by atoms with Crippen molar-refractivity contribution in [3.05, 3.63) is 29.6 Å². The summed E-state index contributed by atoms with van der Waals surface area (Å²) in [6.07, 6.45) is 0. The minimum atomic E-state index is -0.703. The van der Waals surface area contributed by atoms with Crippen molar-refractivity contribution in [3.63, 3.8) is 0 Å². The fraction of sp³-hybridized carbons (Fsp3) is 0.385. The quantitative estimate of drug-likeness (QED) is 0.747. The Hall–Kier alpha value is -2.15. The molecule has 20 heavy (non-hydrogen) atoms. The monoisotopic (exact) mass is 281 g/mol. The zero-order valence-corrected chi connectivity index (χ0v) is 11.1. The number of hydrogen-bond acceptors (Lipinski definition) is 4. The van der Waals surface area contributed by atoms with Crippen LogP contribution in [0.4, 0.5) is 10.1 Å². The topological polar surface area (TPSA) is 84.7 Å². The summed E-state index contributed by atoms with van der Waals surface area (Å²) in [5, 5.41) is 2.49. The highest BCUT2D eigenvalue weighted by Gasteiger charge is 2.33. The number of morpholine rings is 1. The van der Waals surface area contributed by atoms with Gasteiger partial charge in [-0.3, -0.25) is 9.59 Å². The molecular formula is C13H16FN3O3. The van der Waals surface area contributed by atoms with Crippen LogP contribution in [-0.4, -0.2) is 49.6 Å². The maximum absolute atomic E-state index is 13.0. The first-order chi connectivity index (χ1) is 9.54. The SMILES string of the molecule is CNC(=O)C1COCCN1C(=O)c1ccc(F)cc1N. The summed E-state index contributed by atoms with van der Waals surface area (Å²) >= 11 is 0. The van der Waals surface area contributed by atoms with Crippen molar-refractivity contribution >= 4 is 17.5 Å². The van der Waals surface area contributed by atoms with E-state index in [9.17, 15) is 14.0 Å². The number of likely N-dealkylation sites (N-methyl/N-ethyl adjacent to an activating group) is 1. The van der Waals surface area contributed by atoms with Gasteiger partial charge in [0.15, 0.2) is 0 Å². The van der Waals surface area contributed by atoms with Crippen molar-refractivity contribution in [1.29, 1.82) is 0 Å². The molecule has 3 N–H and O–H groups in total. The van der Waals surface area contributed by atoms with Crippen LogP contribution in [-0.2, 0) is 9.53 Å². The number of anilines is 1. The summed E-state index contributed by atoms with van der Waals surface area (Å²) in [6, 6.07) is 2.87. The lowest BCUT2D eigenvalue weighted by atomic mass is 10.1. The molecule has 0 spiro atoms. The molecule has 7 heteroatoms. The van der Waals surface area contributed by atoms with E-state index in [2.05, 4.69) is 5.32 Å². The fourth-order valence-corrected chi connectivity index (χ4v) is 2.11. The van der Waals surface area contributed by atoms with Gasteiger partial charge in [-0.15, -0.1) is 0 Å². The molecule has 1 saturated heterocycles. The van der Waals surface area contributed by atoms with Gasteiger partial charge < -0.3 is 20.7 Å². The molecule has 1 heterocycles. The zero-order chi connectivity index (χ0) is 14.7. The first-order valence-electron chi connectivity index (χ1n) is 6.20. The van der Waals surface area contributed by atoms with Gasteiger partial charge in [0.2, 0.25) is 5.91 Å². The largest absolute Gasteiger partial charge is 0.398 e. The molecule has 1 atom stereocenters. The zero-order valence-electron chi connectivity index (χ0n) is 11.1. The number of nitrogens with zero attached hydrogens (tertiary/aromatic N) is 1. The molecule has 1 aromatic rings. The molecule has 2 rings (SSSR count). The second kappa shape index (κ2) is 5.87. The normalized spacial score (nSPS) is 18.7. The van der Waals surface area contributed by atoms with Crippen LogP contribution in [0.25, 0.3) is 0 Å². The van der Waals surface area contributed by atoms with Gasteiger partial charge in [0.1, 0.15) is 11.9 Å². The molecule has 1 aliphatic heterocycles. The van der Waals surface area contributed by atoms with E-state index in [1.165, 1.54) is 24.1 Å². The Balaban J connectivity index is 2.27. The third kappa shape index (κ3) is 2.72. The van der Waals surface area contributed by atoms with E-state index < -0.39 is 17.8 Å². The van der Waals surface area contributed by atoms with Crippen molar-refractivity contribution in [1.82, 2.24) is 10.2 Å². The summed E-state index contributed by atoms with van der Waals surface area (Å²) in [6.45, 7) is 0.764. The number of carbonyl (C=O) groups is 2. The van der Waals surface area contributed by atoms with Crippen molar-refractivity contribution in [3.8, 4) is 0 Å². The van der Waals surface area contributed by atoms with E-state index in [1.54, 1.807) is 0 Å². The van der Waals surface area contributed by atoms with Gasteiger partial charge >= 0.3 is 0 Å². The van der Waals surface area contributed by atoms with Crippen LogP contribution in [0, 0.1) is 5.82 Å². The molecular weight excluding hydrogens is 265 g/mol. The Morgan fingerprint density at radius 1 is 1.50 bits per heavy atom. The number of amides is 2. The molecule has 1 aliphatic rings. The maximum Gasteiger partial charge on any atom is 0.256 e. The third-order valence-electron chi connectivity index (χ3n) is 3.18. The van der Waals surface area contributed by atoms with Crippen LogP contribution < -0.4 is 11.1 Å². The van der Waals surface area contributed by atoms with Gasteiger partial charge in [-0.25, -0.2) is 4.39 Å². The van der Waals surface area contributed by atoms with Crippen molar-refractivity contribution in [2.75, 3.05) is 32.5 Å². The second-order valence-corrected chi connectivity index (χ2v) is 4.44. The molecule has 1 fully saturated rings. The summed E-state index contributed by atoms with van der Waals surface area (Å²) in [4.78, 5) is 25.6. The van der Waals surface area contributed by atoms with Gasteiger partial charge in [-0.05, 0) is 18.2 Å². The van der Waals surface area contributed by atoms with E-state index in [0.717, 1.165) is 6.07 Å². The number of nitrogens with two attached hydrogens (primary N) is 1. The van der Waals surface area contributed by atoms with E-state index in [0.29, 0.717) is 6.61 Å². The van der Waals surface area contributed by atoms with Gasteiger partial charge in [0, 0.05) is 19.3 Å². The summed E-state index contributed by atoms with van der Waals surface area (Å²) < 4.78 is 18.2. The first-order valence-corrected chi connectivity index (χ1v) is 6.20. The lowest BCUT2D eigenvalue weighted by molar-refractivity contribution is -0.130. The Morgan fingerprint density at radius 3 is 2.90 bits per heavy atom. The minimum Gasteiger partial charge on any atom is -0.398 e. The predicted octanol–water partition coefficient (Wildman–Crippen LogP) is -0.00510. The van der Waals surface area contributed by atoms with Crippen LogP contribution in [0.5, 0.6) is 0 Å². The molecule has 108 valence electrons. The second-order valence-electron chi connectivity index (χ2n) is 4.44. The number of hydrogen-bond donors (Lipinski definition) is 2. The van der Waals surface area contributed by atoms with E-state index in [-0.39, 0.29) is 30.3 Å². The Labute approximate surface area is 115 Å². The summed E-state index contributed by atoms with van der Waals surface area (Å²) in [5.74, 6) is -1.22. The van der Waals surface area contributed by atoms with Crippen molar-refractivity contribution in [2.24, 2.45) is 0 Å². The highest BCUT2D eigenvalue weighted by Crippen LogP contribution is 2.19. The first kappa shape index (κ1) is 14.3. The summed E-state index contributed by atoms with van der Waals surface area (Å²) in [7, 11) is 1.49. The molecule has 1 unspecified atom stereocenters. The van der Waals surface area contributed by atoms with Crippen molar-refractivity contribution < 1.29 is 18.7 Å². The standard InChI is InChI=1S/C13H16FN3O3/c1-16-12(18)11-7-20-5-4-17(11)13(19)9-3-2-8(14)6-10(9)15/h2-3,6,11H,4-5,7,15H2,1H3,(H,16,18). The smallest absolute Gasteiger partial charge is 0.256 e. The Morgan fingerprint density at radius 2 is 2.25 bits per heavy atom. The average molecular weight is 281 g/mol. The summed E-state index contributed by atoms with van der Waals surface area (Å²) in [5.41, 5.74) is 5.90. The van der Waals surface area contributed by atoms with Crippen LogP contribution in [0.15, 0.2) is 18.2 Å². The molecule has 0 aromatic heterocycles. The number of carbonyl (C=O) groups excluding carboxylic acids is 2. The van der Waals surface area contributed by atoms with Gasteiger partial charge in [0.25, 0.3) is 5.91 Å². The van der Waals surface area contributed by atoms with Crippen LogP contribution >= 0.6 is 0 Å². The van der Waals surface area contributed by atoms with Gasteiger partial charge in [-0.2, -0.15) is 0 Å². The molecule has 2 amide bonds. The average Bonchev–Trinajstić information content (AvgIpc) is 2.46. The van der Waals surface area contributed by atoms with Gasteiger partial charge in [-0.1, -0.05) is 0 Å². The minimum absolute atomic E-state index is 0.0529. The molecule has 6 nitrogen and oxygen atoms in total. The van der Waals surface area contributed by atoms with Crippen LogP contribution in [0.2, 0.25) is 0 Å². The number of benzene rings is 1. The molecule has 0 bridgehead atoms. The lowest BCUT2D eigenvalue weighted by Crippen LogP contribution is -2.55. The number of rotatable bonds is 2. The number of nitrogen functional groups attached to an aromatic ring is 1. The number of ether oxygens (including phenoxy) is 1. The Kier molecular flexibility index (Phi) is 4.19. The number of halogens is 1. The highest BCUT2D eigenvalue weighted by molar-refractivity contribution is 6.01. The molecule has 0 radical (unpaired) electrons. The van der Waals surface area contributed by atoms with Crippen molar-refractivity contribution in [2.45, 2.75) is 6.04 Å². The Bertz CT molecular complexity index is 536. The predicted molar refractivity (Wildman–Crippen MR) is 70.5 cm³/mol. The lowest BCUT2D eigenvalue weighted by Gasteiger charge is -2.34. The van der Waals surface area contributed by atoms with Gasteiger partial charge in [0.05, 0.1) is 18.8 Å². The maximum atomic E-state index is 13.0. The molecule has 0 saturated carbocycles. The third-order valence-corrected chi connectivity index (χ3v) is 3.18. The number of nitrogens with one attached hydrogen (secondary N) is 1.